The Kier molecular flexibility index (Phi) is 5.61. The Morgan fingerprint density at radius 2 is 2.28 bits per heavy atom. The lowest BCUT2D eigenvalue weighted by Crippen LogP contribution is -2.35. The zero-order chi connectivity index (χ0) is 13.5. The Morgan fingerprint density at radius 3 is 2.94 bits per heavy atom. The van der Waals surface area contributed by atoms with Crippen LogP contribution in [0.5, 0.6) is 5.75 Å². The molecule has 0 heterocycles. The zero-order valence-corrected chi connectivity index (χ0v) is 10.8. The smallest absolute Gasteiger partial charge is 0.241 e. The molecule has 4 N–H and O–H groups in total. The molecule has 0 spiro atoms. The van der Waals surface area contributed by atoms with Crippen molar-refractivity contribution in [2.45, 2.75) is 25.8 Å². The Bertz CT molecular complexity index is 407. The average Bonchev–Trinajstić information content (AvgIpc) is 2.35. The predicted octanol–water partition coefficient (Wildman–Crippen LogP) is 1.39. The summed E-state index contributed by atoms with van der Waals surface area (Å²) in [7, 11) is 1.61. The maximum atomic E-state index is 11.8. The first-order valence-electron chi connectivity index (χ1n) is 5.90. The fraction of sp³-hybridized carbons (Fsp3) is 0.462. The molecule has 1 unspecified atom stereocenters. The number of methoxy groups -OCH3 is 1. The minimum Gasteiger partial charge on any atom is -0.505 e. The summed E-state index contributed by atoms with van der Waals surface area (Å²) in [5.41, 5.74) is 6.84. The van der Waals surface area contributed by atoms with Crippen LogP contribution in [0, 0.1) is 6.92 Å². The van der Waals surface area contributed by atoms with Gasteiger partial charge in [0.15, 0.2) is 0 Å². The fourth-order valence-electron chi connectivity index (χ4n) is 1.56. The molecule has 5 heteroatoms. The largest absolute Gasteiger partial charge is 0.505 e. The van der Waals surface area contributed by atoms with Crippen LogP contribution in [0.25, 0.3) is 0 Å². The number of carbonyl (C=O) groups is 1. The molecule has 0 bridgehead atoms. The van der Waals surface area contributed by atoms with Gasteiger partial charge in [0.05, 0.1) is 11.7 Å². The van der Waals surface area contributed by atoms with Gasteiger partial charge in [-0.3, -0.25) is 4.79 Å². The highest BCUT2D eigenvalue weighted by atomic mass is 16.5. The van der Waals surface area contributed by atoms with Crippen molar-refractivity contribution in [1.29, 1.82) is 0 Å². The van der Waals surface area contributed by atoms with Crippen molar-refractivity contribution in [2.75, 3.05) is 19.0 Å². The summed E-state index contributed by atoms with van der Waals surface area (Å²) in [6.07, 6.45) is 1.27. The van der Waals surface area contributed by atoms with Crippen LogP contribution in [0.3, 0.4) is 0 Å². The molecule has 1 aromatic rings. The van der Waals surface area contributed by atoms with E-state index in [0.29, 0.717) is 24.3 Å². The molecule has 1 atom stereocenters. The van der Waals surface area contributed by atoms with Crippen molar-refractivity contribution in [3.63, 3.8) is 0 Å². The van der Waals surface area contributed by atoms with E-state index in [-0.39, 0.29) is 11.7 Å². The molecule has 0 aliphatic heterocycles. The van der Waals surface area contributed by atoms with Crippen LogP contribution < -0.4 is 11.1 Å². The van der Waals surface area contributed by atoms with Gasteiger partial charge in [0.2, 0.25) is 5.91 Å². The summed E-state index contributed by atoms with van der Waals surface area (Å²) < 4.78 is 4.90. The van der Waals surface area contributed by atoms with E-state index in [4.69, 9.17) is 10.5 Å². The molecule has 18 heavy (non-hydrogen) atoms. The van der Waals surface area contributed by atoms with Crippen molar-refractivity contribution in [3.8, 4) is 5.75 Å². The molecule has 0 saturated heterocycles. The molecule has 1 rings (SSSR count). The van der Waals surface area contributed by atoms with Gasteiger partial charge in [-0.15, -0.1) is 0 Å². The number of ether oxygens (including phenoxy) is 1. The van der Waals surface area contributed by atoms with E-state index in [9.17, 15) is 9.90 Å². The van der Waals surface area contributed by atoms with Crippen LogP contribution in [0.15, 0.2) is 18.2 Å². The van der Waals surface area contributed by atoms with E-state index in [1.807, 2.05) is 0 Å². The van der Waals surface area contributed by atoms with E-state index in [2.05, 4.69) is 5.32 Å². The number of phenolic OH excluding ortho intramolecular Hbond substituents is 1. The highest BCUT2D eigenvalue weighted by molar-refractivity contribution is 5.96. The van der Waals surface area contributed by atoms with E-state index in [1.54, 1.807) is 32.2 Å². The monoisotopic (exact) mass is 252 g/mol. The first kappa shape index (κ1) is 14.5. The Morgan fingerprint density at radius 1 is 1.56 bits per heavy atom. The Hall–Kier alpha value is -1.59. The third kappa shape index (κ3) is 4.01. The van der Waals surface area contributed by atoms with Crippen molar-refractivity contribution < 1.29 is 14.6 Å². The summed E-state index contributed by atoms with van der Waals surface area (Å²) in [5, 5.41) is 12.4. The van der Waals surface area contributed by atoms with Gasteiger partial charge in [0.1, 0.15) is 5.75 Å². The second-order valence-corrected chi connectivity index (χ2v) is 4.20. The van der Waals surface area contributed by atoms with Crippen molar-refractivity contribution in [1.82, 2.24) is 0 Å². The van der Waals surface area contributed by atoms with Crippen LogP contribution in [-0.4, -0.2) is 30.8 Å². The average molecular weight is 252 g/mol. The molecule has 0 saturated carbocycles. The number of amides is 1. The number of nitrogens with two attached hydrogens (primary N) is 1. The number of benzene rings is 1. The lowest BCUT2D eigenvalue weighted by molar-refractivity contribution is -0.117. The van der Waals surface area contributed by atoms with Gasteiger partial charge in [-0.2, -0.15) is 0 Å². The number of aromatic hydroxyl groups is 1. The molecule has 0 radical (unpaired) electrons. The summed E-state index contributed by atoms with van der Waals surface area (Å²) in [5.74, 6) is -0.220. The van der Waals surface area contributed by atoms with Crippen LogP contribution in [0.1, 0.15) is 18.4 Å². The second-order valence-electron chi connectivity index (χ2n) is 4.20. The third-order valence-corrected chi connectivity index (χ3v) is 2.70. The zero-order valence-electron chi connectivity index (χ0n) is 10.8. The number of para-hydroxylation sites is 1. The molecular weight excluding hydrogens is 232 g/mol. The quantitative estimate of drug-likeness (QED) is 0.527. The normalized spacial score (nSPS) is 12.2. The van der Waals surface area contributed by atoms with E-state index >= 15 is 0 Å². The predicted molar refractivity (Wildman–Crippen MR) is 70.6 cm³/mol. The molecular formula is C13H20N2O3. The van der Waals surface area contributed by atoms with Gasteiger partial charge < -0.3 is 20.9 Å². The maximum Gasteiger partial charge on any atom is 0.241 e. The molecule has 0 aliphatic rings. The van der Waals surface area contributed by atoms with Crippen molar-refractivity contribution in [3.05, 3.63) is 23.8 Å². The maximum absolute atomic E-state index is 11.8. The lowest BCUT2D eigenvalue weighted by Gasteiger charge is -2.13. The van der Waals surface area contributed by atoms with Crippen LogP contribution >= 0.6 is 0 Å². The molecule has 1 amide bonds. The van der Waals surface area contributed by atoms with Gasteiger partial charge in [0.25, 0.3) is 0 Å². The SMILES string of the molecule is COCCCC(N)C(=O)Nc1cccc(C)c1O. The summed E-state index contributed by atoms with van der Waals surface area (Å²) >= 11 is 0. The fourth-order valence-corrected chi connectivity index (χ4v) is 1.56. The van der Waals surface area contributed by atoms with Gasteiger partial charge in [-0.05, 0) is 31.4 Å². The van der Waals surface area contributed by atoms with Gasteiger partial charge >= 0.3 is 0 Å². The third-order valence-electron chi connectivity index (χ3n) is 2.70. The minimum atomic E-state index is -0.597. The minimum absolute atomic E-state index is 0.0786. The van der Waals surface area contributed by atoms with Gasteiger partial charge in [-0.25, -0.2) is 0 Å². The second kappa shape index (κ2) is 6.98. The number of aryl methyl sites for hydroxylation is 1. The van der Waals surface area contributed by atoms with Crippen molar-refractivity contribution in [2.24, 2.45) is 5.73 Å². The van der Waals surface area contributed by atoms with Crippen molar-refractivity contribution >= 4 is 11.6 Å². The summed E-state index contributed by atoms with van der Waals surface area (Å²) in [6, 6.07) is 4.58. The number of carbonyl (C=O) groups excluding carboxylic acids is 1. The number of phenols is 1. The standard InChI is InChI=1S/C13H20N2O3/c1-9-5-3-7-11(12(9)16)15-13(17)10(14)6-4-8-18-2/h3,5,7,10,16H,4,6,8,14H2,1-2H3,(H,15,17). The van der Waals surface area contributed by atoms with E-state index < -0.39 is 6.04 Å². The van der Waals surface area contributed by atoms with Crippen LogP contribution in [-0.2, 0) is 9.53 Å². The molecule has 5 nitrogen and oxygen atoms in total. The van der Waals surface area contributed by atoms with Gasteiger partial charge in [-0.1, -0.05) is 12.1 Å². The van der Waals surface area contributed by atoms with E-state index in [0.717, 1.165) is 6.42 Å². The lowest BCUT2D eigenvalue weighted by atomic mass is 10.1. The van der Waals surface area contributed by atoms with Crippen LogP contribution in [0.4, 0.5) is 5.69 Å². The molecule has 100 valence electrons. The Labute approximate surface area is 107 Å². The van der Waals surface area contributed by atoms with Gasteiger partial charge in [0, 0.05) is 13.7 Å². The van der Waals surface area contributed by atoms with E-state index in [1.165, 1.54) is 0 Å². The number of hydrogen-bond acceptors (Lipinski definition) is 4. The summed E-state index contributed by atoms with van der Waals surface area (Å²) in [6.45, 7) is 2.35. The topological polar surface area (TPSA) is 84.6 Å². The Balaban J connectivity index is 2.56. The molecule has 0 aromatic heterocycles. The highest BCUT2D eigenvalue weighted by Crippen LogP contribution is 2.26. The number of rotatable bonds is 6. The first-order chi connectivity index (χ1) is 8.56. The molecule has 0 aliphatic carbocycles. The number of hydrogen-bond donors (Lipinski definition) is 3. The summed E-state index contributed by atoms with van der Waals surface area (Å²) in [4.78, 5) is 11.8. The molecule has 0 fully saturated rings. The highest BCUT2D eigenvalue weighted by Gasteiger charge is 2.15. The number of nitrogens with one attached hydrogen (secondary N) is 1. The van der Waals surface area contributed by atoms with Crippen LogP contribution in [0.2, 0.25) is 0 Å². The molecule has 1 aromatic carbocycles. The number of anilines is 1. The first-order valence-corrected chi connectivity index (χ1v) is 5.90.